The van der Waals surface area contributed by atoms with Crippen LogP contribution in [0.2, 0.25) is 0 Å². The molecular weight excluding hydrogens is 274 g/mol. The normalized spacial score (nSPS) is 19.4. The molecule has 5 nitrogen and oxygen atoms in total. The van der Waals surface area contributed by atoms with Crippen LogP contribution in [0.5, 0.6) is 0 Å². The van der Waals surface area contributed by atoms with Crippen molar-refractivity contribution in [2.24, 2.45) is 5.92 Å². The van der Waals surface area contributed by atoms with Gasteiger partial charge in [0.1, 0.15) is 0 Å². The molecule has 5 heteroatoms. The Bertz CT molecular complexity index is 565. The van der Waals surface area contributed by atoms with Crippen molar-refractivity contribution in [3.8, 4) is 0 Å². The Morgan fingerprint density at radius 3 is 3.14 bits per heavy atom. The fourth-order valence-electron chi connectivity index (χ4n) is 3.16. The molecule has 0 radical (unpaired) electrons. The number of rotatable bonds is 6. The fourth-order valence-corrected chi connectivity index (χ4v) is 3.16. The third kappa shape index (κ3) is 4.15. The predicted octanol–water partition coefficient (Wildman–Crippen LogP) is 2.11. The Kier molecular flexibility index (Phi) is 5.19. The van der Waals surface area contributed by atoms with Crippen molar-refractivity contribution in [2.75, 3.05) is 19.6 Å². The minimum Gasteiger partial charge on any atom is -0.311 e. The van der Waals surface area contributed by atoms with Crippen LogP contribution in [-0.4, -0.2) is 39.7 Å². The maximum atomic E-state index is 4.21. The molecule has 1 fully saturated rings. The molecule has 1 aliphatic heterocycles. The van der Waals surface area contributed by atoms with Crippen LogP contribution in [0.15, 0.2) is 30.7 Å². The first-order chi connectivity index (χ1) is 10.8. The summed E-state index contributed by atoms with van der Waals surface area (Å²) in [7, 11) is 0. The van der Waals surface area contributed by atoms with Gasteiger partial charge in [-0.05, 0) is 56.0 Å². The van der Waals surface area contributed by atoms with Crippen molar-refractivity contribution in [1.82, 2.24) is 25.4 Å². The van der Waals surface area contributed by atoms with Crippen LogP contribution in [0.1, 0.15) is 29.7 Å². The number of nitrogens with one attached hydrogen (secondary N) is 2. The van der Waals surface area contributed by atoms with Gasteiger partial charge >= 0.3 is 0 Å². The molecule has 3 heterocycles. The number of aromatic amines is 1. The van der Waals surface area contributed by atoms with Gasteiger partial charge < -0.3 is 5.32 Å². The second-order valence-corrected chi connectivity index (χ2v) is 6.27. The van der Waals surface area contributed by atoms with Crippen molar-refractivity contribution in [3.63, 3.8) is 0 Å². The zero-order valence-electron chi connectivity index (χ0n) is 13.3. The number of pyridine rings is 1. The molecule has 0 amide bonds. The minimum atomic E-state index is 0.730. The first-order valence-corrected chi connectivity index (χ1v) is 8.12. The van der Waals surface area contributed by atoms with Crippen molar-refractivity contribution in [3.05, 3.63) is 47.5 Å². The molecule has 1 aliphatic rings. The Hall–Kier alpha value is -1.72. The summed E-state index contributed by atoms with van der Waals surface area (Å²) in [5.41, 5.74) is 3.74. The third-order valence-electron chi connectivity index (χ3n) is 4.40. The zero-order chi connectivity index (χ0) is 15.2. The van der Waals surface area contributed by atoms with Gasteiger partial charge in [0.15, 0.2) is 0 Å². The van der Waals surface area contributed by atoms with E-state index in [1.165, 1.54) is 42.8 Å². The first-order valence-electron chi connectivity index (χ1n) is 8.12. The fraction of sp³-hybridized carbons (Fsp3) is 0.529. The summed E-state index contributed by atoms with van der Waals surface area (Å²) in [5, 5.41) is 10.7. The molecule has 22 heavy (non-hydrogen) atoms. The van der Waals surface area contributed by atoms with Crippen LogP contribution in [0.25, 0.3) is 0 Å². The highest BCUT2D eigenvalue weighted by molar-refractivity contribution is 5.13. The Labute approximate surface area is 132 Å². The van der Waals surface area contributed by atoms with E-state index in [2.05, 4.69) is 38.4 Å². The first kappa shape index (κ1) is 15.2. The van der Waals surface area contributed by atoms with Gasteiger partial charge in [-0.15, -0.1) is 0 Å². The maximum absolute atomic E-state index is 4.21. The molecule has 0 saturated carbocycles. The molecule has 0 aliphatic carbocycles. The number of hydrogen-bond donors (Lipinski definition) is 2. The summed E-state index contributed by atoms with van der Waals surface area (Å²) < 4.78 is 0. The van der Waals surface area contributed by atoms with E-state index in [0.717, 1.165) is 25.6 Å². The smallest absolute Gasteiger partial charge is 0.0519 e. The van der Waals surface area contributed by atoms with Crippen molar-refractivity contribution in [2.45, 2.75) is 32.9 Å². The summed E-state index contributed by atoms with van der Waals surface area (Å²) in [5.74, 6) is 0.730. The average molecular weight is 299 g/mol. The van der Waals surface area contributed by atoms with Gasteiger partial charge in [-0.25, -0.2) is 0 Å². The van der Waals surface area contributed by atoms with Gasteiger partial charge in [0, 0.05) is 32.0 Å². The van der Waals surface area contributed by atoms with Crippen LogP contribution in [0.3, 0.4) is 0 Å². The predicted molar refractivity (Wildman–Crippen MR) is 87.3 cm³/mol. The number of piperidine rings is 1. The second-order valence-electron chi connectivity index (χ2n) is 6.27. The number of aromatic nitrogens is 3. The molecule has 1 saturated heterocycles. The van der Waals surface area contributed by atoms with Crippen LogP contribution < -0.4 is 5.32 Å². The molecule has 2 aromatic heterocycles. The quantitative estimate of drug-likeness (QED) is 0.858. The second kappa shape index (κ2) is 7.51. The van der Waals surface area contributed by atoms with Gasteiger partial charge in [-0.2, -0.15) is 5.10 Å². The molecule has 2 N–H and O–H groups in total. The van der Waals surface area contributed by atoms with Crippen LogP contribution in [0.4, 0.5) is 0 Å². The molecule has 1 atom stereocenters. The van der Waals surface area contributed by atoms with Gasteiger partial charge in [-0.3, -0.25) is 15.0 Å². The van der Waals surface area contributed by atoms with Gasteiger partial charge in [-0.1, -0.05) is 6.07 Å². The van der Waals surface area contributed by atoms with E-state index in [1.807, 2.05) is 24.7 Å². The largest absolute Gasteiger partial charge is 0.311 e. The van der Waals surface area contributed by atoms with E-state index in [1.54, 1.807) is 0 Å². The van der Waals surface area contributed by atoms with Crippen LogP contribution >= 0.6 is 0 Å². The number of likely N-dealkylation sites (tertiary alicyclic amines) is 1. The monoisotopic (exact) mass is 299 g/mol. The molecule has 2 aromatic rings. The highest BCUT2D eigenvalue weighted by Crippen LogP contribution is 2.18. The van der Waals surface area contributed by atoms with E-state index in [9.17, 15) is 0 Å². The lowest BCUT2D eigenvalue weighted by molar-refractivity contribution is 0.165. The Morgan fingerprint density at radius 2 is 2.36 bits per heavy atom. The average Bonchev–Trinajstić information content (AvgIpc) is 2.94. The summed E-state index contributed by atoms with van der Waals surface area (Å²) >= 11 is 0. The SMILES string of the molecule is Cc1cn[nH]c1CNCC1CCCN(Cc2cccnc2)C1. The topological polar surface area (TPSA) is 56.8 Å². The molecule has 0 bridgehead atoms. The summed E-state index contributed by atoms with van der Waals surface area (Å²) in [6, 6.07) is 4.18. The minimum absolute atomic E-state index is 0.730. The van der Waals surface area contributed by atoms with Gasteiger partial charge in [0.25, 0.3) is 0 Å². The van der Waals surface area contributed by atoms with E-state index >= 15 is 0 Å². The lowest BCUT2D eigenvalue weighted by Gasteiger charge is -2.32. The lowest BCUT2D eigenvalue weighted by atomic mass is 9.97. The molecule has 118 valence electrons. The number of nitrogens with zero attached hydrogens (tertiary/aromatic N) is 3. The van der Waals surface area contributed by atoms with Gasteiger partial charge in [0.2, 0.25) is 0 Å². The molecule has 1 unspecified atom stereocenters. The van der Waals surface area contributed by atoms with E-state index in [4.69, 9.17) is 0 Å². The van der Waals surface area contributed by atoms with Gasteiger partial charge in [0.05, 0.1) is 11.9 Å². The standard InChI is InChI=1S/C17H25N5/c1-14-8-20-21-17(14)11-19-10-16-5-3-7-22(13-16)12-15-4-2-6-18-9-15/h2,4,6,8-9,16,19H,3,5,7,10-13H2,1H3,(H,20,21). The van der Waals surface area contributed by atoms with Crippen molar-refractivity contribution >= 4 is 0 Å². The summed E-state index contributed by atoms with van der Waals surface area (Å²) in [6.07, 6.45) is 8.30. The highest BCUT2D eigenvalue weighted by Gasteiger charge is 2.19. The van der Waals surface area contributed by atoms with Crippen LogP contribution in [0, 0.1) is 12.8 Å². The van der Waals surface area contributed by atoms with E-state index < -0.39 is 0 Å². The lowest BCUT2D eigenvalue weighted by Crippen LogP contribution is -2.39. The van der Waals surface area contributed by atoms with Crippen LogP contribution in [-0.2, 0) is 13.1 Å². The molecule has 3 rings (SSSR count). The number of aryl methyl sites for hydroxylation is 1. The Morgan fingerprint density at radius 1 is 1.41 bits per heavy atom. The van der Waals surface area contributed by atoms with E-state index in [-0.39, 0.29) is 0 Å². The molecular formula is C17H25N5. The third-order valence-corrected chi connectivity index (χ3v) is 4.40. The molecule has 0 aromatic carbocycles. The highest BCUT2D eigenvalue weighted by atomic mass is 15.1. The maximum Gasteiger partial charge on any atom is 0.0519 e. The number of H-pyrrole nitrogens is 1. The van der Waals surface area contributed by atoms with E-state index in [0.29, 0.717) is 0 Å². The van der Waals surface area contributed by atoms with Crippen molar-refractivity contribution < 1.29 is 0 Å². The zero-order valence-corrected chi connectivity index (χ0v) is 13.3. The summed E-state index contributed by atoms with van der Waals surface area (Å²) in [6.45, 7) is 7.43. The summed E-state index contributed by atoms with van der Waals surface area (Å²) in [4.78, 5) is 6.76. The Balaban J connectivity index is 1.43. The molecule has 0 spiro atoms. The number of hydrogen-bond acceptors (Lipinski definition) is 4. The van der Waals surface area contributed by atoms with Crippen molar-refractivity contribution in [1.29, 1.82) is 0 Å².